The lowest BCUT2D eigenvalue weighted by Gasteiger charge is -2.32. The number of rotatable bonds is 7. The Kier molecular flexibility index (Phi) is 6.11. The Morgan fingerprint density at radius 1 is 1.19 bits per heavy atom. The normalized spacial score (nSPS) is 17.5. The molecule has 6 heteroatoms. The van der Waals surface area contributed by atoms with E-state index in [0.717, 1.165) is 55.4 Å². The van der Waals surface area contributed by atoms with E-state index in [0.29, 0.717) is 6.54 Å². The molecule has 0 aliphatic heterocycles. The van der Waals surface area contributed by atoms with E-state index in [9.17, 15) is 5.11 Å². The Hall–Kier alpha value is -1.01. The maximum atomic E-state index is 10.5. The first-order valence-corrected chi connectivity index (χ1v) is 9.01. The SMILES string of the molecule is CCCNc1cc(NCC2(O)CCCCC2)nc(SC)n1. The van der Waals surface area contributed by atoms with Gasteiger partial charge in [-0.15, -0.1) is 0 Å². The summed E-state index contributed by atoms with van der Waals surface area (Å²) >= 11 is 1.53. The molecule has 0 unspecified atom stereocenters. The van der Waals surface area contributed by atoms with Crippen LogP contribution >= 0.6 is 11.8 Å². The lowest BCUT2D eigenvalue weighted by molar-refractivity contribution is 0.0166. The maximum Gasteiger partial charge on any atom is 0.191 e. The predicted molar refractivity (Wildman–Crippen MR) is 89.1 cm³/mol. The Morgan fingerprint density at radius 3 is 2.48 bits per heavy atom. The van der Waals surface area contributed by atoms with Crippen LogP contribution in [0.5, 0.6) is 0 Å². The van der Waals surface area contributed by atoms with Crippen molar-refractivity contribution in [1.29, 1.82) is 0 Å². The van der Waals surface area contributed by atoms with Crippen LogP contribution in [0.3, 0.4) is 0 Å². The standard InChI is InChI=1S/C15H26N4OS/c1-3-9-16-12-10-13(19-14(18-12)21-2)17-11-15(20)7-5-4-6-8-15/h10,20H,3-9,11H2,1-2H3,(H2,16,17,18,19). The zero-order chi connectivity index (χ0) is 15.1. The van der Waals surface area contributed by atoms with Crippen molar-refractivity contribution in [3.05, 3.63) is 6.07 Å². The second-order valence-electron chi connectivity index (χ2n) is 5.69. The molecule has 0 bridgehead atoms. The molecular formula is C15H26N4OS. The second kappa shape index (κ2) is 7.84. The van der Waals surface area contributed by atoms with E-state index in [1.165, 1.54) is 18.2 Å². The molecule has 2 rings (SSSR count). The third-order valence-electron chi connectivity index (χ3n) is 3.83. The molecule has 1 aliphatic rings. The van der Waals surface area contributed by atoms with E-state index in [-0.39, 0.29) is 0 Å². The van der Waals surface area contributed by atoms with Gasteiger partial charge in [0, 0.05) is 19.2 Å². The summed E-state index contributed by atoms with van der Waals surface area (Å²) < 4.78 is 0. The highest BCUT2D eigenvalue weighted by atomic mass is 32.2. The van der Waals surface area contributed by atoms with E-state index in [1.54, 1.807) is 0 Å². The van der Waals surface area contributed by atoms with Crippen molar-refractivity contribution in [3.8, 4) is 0 Å². The minimum absolute atomic E-state index is 0.561. The molecule has 1 aromatic heterocycles. The van der Waals surface area contributed by atoms with E-state index < -0.39 is 5.60 Å². The minimum Gasteiger partial charge on any atom is -0.388 e. The number of thioether (sulfide) groups is 1. The van der Waals surface area contributed by atoms with E-state index in [1.807, 2.05) is 12.3 Å². The highest BCUT2D eigenvalue weighted by molar-refractivity contribution is 7.98. The molecule has 0 radical (unpaired) electrons. The zero-order valence-electron chi connectivity index (χ0n) is 13.0. The largest absolute Gasteiger partial charge is 0.388 e. The van der Waals surface area contributed by atoms with Gasteiger partial charge in [-0.25, -0.2) is 9.97 Å². The van der Waals surface area contributed by atoms with Gasteiger partial charge in [0.15, 0.2) is 5.16 Å². The van der Waals surface area contributed by atoms with Crippen LogP contribution in [0.15, 0.2) is 11.2 Å². The van der Waals surface area contributed by atoms with Gasteiger partial charge in [0.05, 0.1) is 5.60 Å². The number of anilines is 2. The molecule has 5 nitrogen and oxygen atoms in total. The van der Waals surface area contributed by atoms with Crippen molar-refractivity contribution >= 4 is 23.4 Å². The number of nitrogens with zero attached hydrogens (tertiary/aromatic N) is 2. The van der Waals surface area contributed by atoms with Crippen LogP contribution in [-0.4, -0.2) is 40.0 Å². The summed E-state index contributed by atoms with van der Waals surface area (Å²) in [7, 11) is 0. The molecule has 118 valence electrons. The van der Waals surface area contributed by atoms with Gasteiger partial charge in [-0.2, -0.15) is 0 Å². The number of nitrogens with one attached hydrogen (secondary N) is 2. The molecule has 1 aromatic rings. The van der Waals surface area contributed by atoms with Crippen molar-refractivity contribution in [2.75, 3.05) is 30.0 Å². The summed E-state index contributed by atoms with van der Waals surface area (Å²) in [6.07, 6.45) is 8.24. The molecule has 1 fully saturated rings. The summed E-state index contributed by atoms with van der Waals surface area (Å²) in [5.41, 5.74) is -0.584. The van der Waals surface area contributed by atoms with Gasteiger partial charge in [0.1, 0.15) is 11.6 Å². The summed E-state index contributed by atoms with van der Waals surface area (Å²) in [5, 5.41) is 17.9. The van der Waals surface area contributed by atoms with Crippen molar-refractivity contribution < 1.29 is 5.11 Å². The van der Waals surface area contributed by atoms with Crippen LogP contribution < -0.4 is 10.6 Å². The molecule has 0 saturated heterocycles. The monoisotopic (exact) mass is 310 g/mol. The first kappa shape index (κ1) is 16.4. The Labute approximate surface area is 131 Å². The highest BCUT2D eigenvalue weighted by Crippen LogP contribution is 2.28. The first-order chi connectivity index (χ1) is 10.1. The molecule has 0 aromatic carbocycles. The summed E-state index contributed by atoms with van der Waals surface area (Å²) in [4.78, 5) is 8.90. The van der Waals surface area contributed by atoms with Crippen LogP contribution in [0.1, 0.15) is 45.4 Å². The Bertz CT molecular complexity index is 449. The summed E-state index contributed by atoms with van der Waals surface area (Å²) in [6.45, 7) is 3.58. The average Bonchev–Trinajstić information content (AvgIpc) is 2.51. The third-order valence-corrected chi connectivity index (χ3v) is 4.37. The molecule has 0 amide bonds. The Morgan fingerprint density at radius 2 is 1.86 bits per heavy atom. The molecular weight excluding hydrogens is 284 g/mol. The molecule has 1 heterocycles. The lowest BCUT2D eigenvalue weighted by Crippen LogP contribution is -2.39. The van der Waals surface area contributed by atoms with Crippen LogP contribution in [-0.2, 0) is 0 Å². The smallest absolute Gasteiger partial charge is 0.191 e. The fourth-order valence-corrected chi connectivity index (χ4v) is 2.97. The molecule has 1 aliphatic carbocycles. The molecule has 0 atom stereocenters. The fraction of sp³-hybridized carbons (Fsp3) is 0.733. The van der Waals surface area contributed by atoms with Crippen molar-refractivity contribution in [3.63, 3.8) is 0 Å². The van der Waals surface area contributed by atoms with E-state index in [2.05, 4.69) is 27.5 Å². The number of aliphatic hydroxyl groups is 1. The lowest BCUT2D eigenvalue weighted by atomic mass is 9.85. The average molecular weight is 310 g/mol. The van der Waals surface area contributed by atoms with Gasteiger partial charge < -0.3 is 15.7 Å². The highest BCUT2D eigenvalue weighted by Gasteiger charge is 2.28. The van der Waals surface area contributed by atoms with Crippen LogP contribution in [0, 0.1) is 0 Å². The van der Waals surface area contributed by atoms with Gasteiger partial charge in [0.2, 0.25) is 0 Å². The van der Waals surface area contributed by atoms with E-state index >= 15 is 0 Å². The summed E-state index contributed by atoms with van der Waals surface area (Å²) in [6, 6.07) is 1.92. The fourth-order valence-electron chi connectivity index (χ4n) is 2.59. The second-order valence-corrected chi connectivity index (χ2v) is 6.46. The van der Waals surface area contributed by atoms with Crippen molar-refractivity contribution in [2.45, 2.75) is 56.2 Å². The van der Waals surface area contributed by atoms with Gasteiger partial charge in [-0.1, -0.05) is 37.9 Å². The number of hydrogen-bond donors (Lipinski definition) is 3. The van der Waals surface area contributed by atoms with Gasteiger partial charge >= 0.3 is 0 Å². The first-order valence-electron chi connectivity index (χ1n) is 7.78. The molecule has 21 heavy (non-hydrogen) atoms. The predicted octanol–water partition coefficient (Wildman–Crippen LogP) is 3.13. The third kappa shape index (κ3) is 5.04. The van der Waals surface area contributed by atoms with Crippen LogP contribution in [0.25, 0.3) is 0 Å². The number of aromatic nitrogens is 2. The Balaban J connectivity index is 2.00. The van der Waals surface area contributed by atoms with Crippen molar-refractivity contribution in [1.82, 2.24) is 9.97 Å². The van der Waals surface area contributed by atoms with Crippen LogP contribution in [0.4, 0.5) is 11.6 Å². The topological polar surface area (TPSA) is 70.1 Å². The minimum atomic E-state index is -0.584. The van der Waals surface area contributed by atoms with Gasteiger partial charge in [-0.05, 0) is 25.5 Å². The molecule has 1 saturated carbocycles. The maximum absolute atomic E-state index is 10.5. The van der Waals surface area contributed by atoms with E-state index in [4.69, 9.17) is 0 Å². The zero-order valence-corrected chi connectivity index (χ0v) is 13.8. The van der Waals surface area contributed by atoms with Crippen LogP contribution in [0.2, 0.25) is 0 Å². The van der Waals surface area contributed by atoms with Gasteiger partial charge in [-0.3, -0.25) is 0 Å². The quantitative estimate of drug-likeness (QED) is 0.531. The molecule has 0 spiro atoms. The van der Waals surface area contributed by atoms with Gasteiger partial charge in [0.25, 0.3) is 0 Å². The number of hydrogen-bond acceptors (Lipinski definition) is 6. The van der Waals surface area contributed by atoms with Crippen molar-refractivity contribution in [2.24, 2.45) is 0 Å². The summed E-state index contributed by atoms with van der Waals surface area (Å²) in [5.74, 6) is 1.63. The molecule has 3 N–H and O–H groups in total.